The molecule has 3 nitrogen and oxygen atoms in total. The van der Waals surface area contributed by atoms with Crippen molar-refractivity contribution in [3.63, 3.8) is 0 Å². The van der Waals surface area contributed by atoms with E-state index in [1.54, 1.807) is 12.1 Å². The zero-order chi connectivity index (χ0) is 12.8. The third-order valence-electron chi connectivity index (χ3n) is 3.85. The van der Waals surface area contributed by atoms with E-state index in [-0.39, 0.29) is 0 Å². The van der Waals surface area contributed by atoms with Crippen LogP contribution in [0.25, 0.3) is 0 Å². The molecule has 2 rings (SSSR count). The van der Waals surface area contributed by atoms with E-state index < -0.39 is 0 Å². The van der Waals surface area contributed by atoms with Crippen molar-refractivity contribution < 1.29 is 5.11 Å². The minimum Gasteiger partial charge on any atom is -0.508 e. The number of likely N-dealkylation sites (N-methyl/N-ethyl adjacent to an activating group) is 1. The Morgan fingerprint density at radius 2 is 1.89 bits per heavy atom. The van der Waals surface area contributed by atoms with E-state index in [1.807, 2.05) is 12.1 Å². The molecular weight excluding hydrogens is 224 g/mol. The summed E-state index contributed by atoms with van der Waals surface area (Å²) in [4.78, 5) is 2.48. The Kier molecular flexibility index (Phi) is 5.02. The van der Waals surface area contributed by atoms with Crippen molar-refractivity contribution in [3.8, 4) is 5.75 Å². The van der Waals surface area contributed by atoms with Gasteiger partial charge in [-0.15, -0.1) is 0 Å². The van der Waals surface area contributed by atoms with Crippen LogP contribution >= 0.6 is 0 Å². The third-order valence-corrected chi connectivity index (χ3v) is 3.85. The van der Waals surface area contributed by atoms with Crippen LogP contribution in [-0.4, -0.2) is 36.2 Å². The lowest BCUT2D eigenvalue weighted by Gasteiger charge is -2.23. The molecule has 0 heterocycles. The molecule has 0 atom stereocenters. The Morgan fingerprint density at radius 1 is 1.22 bits per heavy atom. The van der Waals surface area contributed by atoms with Gasteiger partial charge in [0.05, 0.1) is 0 Å². The first-order valence-corrected chi connectivity index (χ1v) is 6.94. The molecule has 0 saturated heterocycles. The zero-order valence-electron chi connectivity index (χ0n) is 11.2. The van der Waals surface area contributed by atoms with E-state index in [4.69, 9.17) is 0 Å². The van der Waals surface area contributed by atoms with Gasteiger partial charge in [0.1, 0.15) is 5.75 Å². The summed E-state index contributed by atoms with van der Waals surface area (Å²) in [6.45, 7) is 3.01. The van der Waals surface area contributed by atoms with Crippen LogP contribution in [0.2, 0.25) is 0 Å². The molecule has 0 aliphatic heterocycles. The van der Waals surface area contributed by atoms with Crippen LogP contribution in [-0.2, 0) is 6.54 Å². The second-order valence-corrected chi connectivity index (χ2v) is 5.26. The number of phenols is 1. The highest BCUT2D eigenvalue weighted by Crippen LogP contribution is 2.21. The summed E-state index contributed by atoms with van der Waals surface area (Å²) < 4.78 is 0. The van der Waals surface area contributed by atoms with E-state index in [2.05, 4.69) is 17.3 Å². The van der Waals surface area contributed by atoms with Crippen LogP contribution in [0.3, 0.4) is 0 Å². The van der Waals surface area contributed by atoms with E-state index in [1.165, 1.54) is 31.2 Å². The monoisotopic (exact) mass is 248 g/mol. The van der Waals surface area contributed by atoms with Crippen molar-refractivity contribution in [1.29, 1.82) is 0 Å². The lowest BCUT2D eigenvalue weighted by molar-refractivity contribution is 0.245. The van der Waals surface area contributed by atoms with Crippen molar-refractivity contribution in [2.75, 3.05) is 20.1 Å². The van der Waals surface area contributed by atoms with Gasteiger partial charge in [-0.2, -0.15) is 0 Å². The highest BCUT2D eigenvalue weighted by Gasteiger charge is 2.18. The maximum absolute atomic E-state index is 9.20. The summed E-state index contributed by atoms with van der Waals surface area (Å²) >= 11 is 0. The first-order chi connectivity index (χ1) is 8.75. The number of phenolic OH excluding ortho intramolecular Hbond substituents is 1. The molecule has 1 aromatic rings. The quantitative estimate of drug-likeness (QED) is 0.759. The lowest BCUT2D eigenvalue weighted by atomic mass is 10.2. The van der Waals surface area contributed by atoms with Crippen LogP contribution in [0, 0.1) is 0 Å². The Labute approximate surface area is 110 Å². The summed E-state index contributed by atoms with van der Waals surface area (Å²) in [5.41, 5.74) is 1.22. The topological polar surface area (TPSA) is 35.5 Å². The van der Waals surface area contributed by atoms with Gasteiger partial charge in [-0.25, -0.2) is 0 Å². The number of aromatic hydroxyl groups is 1. The van der Waals surface area contributed by atoms with Gasteiger partial charge in [-0.1, -0.05) is 25.0 Å². The fourth-order valence-electron chi connectivity index (χ4n) is 2.63. The molecule has 0 unspecified atom stereocenters. The number of benzene rings is 1. The molecule has 1 aromatic carbocycles. The van der Waals surface area contributed by atoms with Crippen molar-refractivity contribution in [1.82, 2.24) is 10.2 Å². The first kappa shape index (κ1) is 13.4. The van der Waals surface area contributed by atoms with Gasteiger partial charge < -0.3 is 15.3 Å². The van der Waals surface area contributed by atoms with Gasteiger partial charge >= 0.3 is 0 Å². The summed E-state index contributed by atoms with van der Waals surface area (Å²) in [6.07, 6.45) is 5.54. The average molecular weight is 248 g/mol. The van der Waals surface area contributed by atoms with Crippen molar-refractivity contribution in [3.05, 3.63) is 29.8 Å². The second-order valence-electron chi connectivity index (χ2n) is 5.26. The Balaban J connectivity index is 1.62. The molecular formula is C15H24N2O. The largest absolute Gasteiger partial charge is 0.508 e. The smallest absolute Gasteiger partial charge is 0.115 e. The number of hydrogen-bond acceptors (Lipinski definition) is 3. The van der Waals surface area contributed by atoms with Crippen LogP contribution in [0.15, 0.2) is 24.3 Å². The van der Waals surface area contributed by atoms with Crippen LogP contribution in [0.1, 0.15) is 31.2 Å². The first-order valence-electron chi connectivity index (χ1n) is 6.94. The van der Waals surface area contributed by atoms with Crippen molar-refractivity contribution in [2.24, 2.45) is 0 Å². The van der Waals surface area contributed by atoms with Crippen LogP contribution < -0.4 is 5.32 Å². The fourth-order valence-corrected chi connectivity index (χ4v) is 2.63. The van der Waals surface area contributed by atoms with Gasteiger partial charge in [-0.3, -0.25) is 0 Å². The minimum absolute atomic E-state index is 0.333. The summed E-state index contributed by atoms with van der Waals surface area (Å²) in [5.74, 6) is 0.333. The maximum atomic E-state index is 9.20. The molecule has 0 radical (unpaired) electrons. The third kappa shape index (κ3) is 4.00. The van der Waals surface area contributed by atoms with Gasteiger partial charge in [0.15, 0.2) is 0 Å². The molecule has 0 bridgehead atoms. The van der Waals surface area contributed by atoms with E-state index >= 15 is 0 Å². The minimum atomic E-state index is 0.333. The predicted molar refractivity (Wildman–Crippen MR) is 74.7 cm³/mol. The fraction of sp³-hybridized carbons (Fsp3) is 0.600. The molecule has 1 aliphatic carbocycles. The second kappa shape index (κ2) is 6.76. The number of nitrogens with zero attached hydrogens (tertiary/aromatic N) is 1. The van der Waals surface area contributed by atoms with Gasteiger partial charge in [0.25, 0.3) is 0 Å². The average Bonchev–Trinajstić information content (AvgIpc) is 2.90. The normalized spacial score (nSPS) is 16.6. The molecule has 0 amide bonds. The van der Waals surface area contributed by atoms with Crippen molar-refractivity contribution in [2.45, 2.75) is 38.3 Å². The molecule has 100 valence electrons. The van der Waals surface area contributed by atoms with E-state index in [9.17, 15) is 5.11 Å². The number of hydrogen-bond donors (Lipinski definition) is 2. The maximum Gasteiger partial charge on any atom is 0.115 e. The molecule has 1 fully saturated rings. The standard InChI is InChI=1S/C15H24N2O/c1-17(14-4-2-3-5-14)11-10-16-12-13-6-8-15(18)9-7-13/h6-9,14,16,18H,2-5,10-12H2,1H3. The lowest BCUT2D eigenvalue weighted by Crippen LogP contribution is -2.35. The highest BCUT2D eigenvalue weighted by molar-refractivity contribution is 5.25. The molecule has 2 N–H and O–H groups in total. The van der Waals surface area contributed by atoms with E-state index in [0.29, 0.717) is 5.75 Å². The Bertz CT molecular complexity index is 344. The van der Waals surface area contributed by atoms with Crippen LogP contribution in [0.5, 0.6) is 5.75 Å². The highest BCUT2D eigenvalue weighted by atomic mass is 16.3. The number of nitrogens with one attached hydrogen (secondary N) is 1. The SMILES string of the molecule is CN(CCNCc1ccc(O)cc1)C1CCCC1. The Morgan fingerprint density at radius 3 is 2.56 bits per heavy atom. The molecule has 18 heavy (non-hydrogen) atoms. The van der Waals surface area contributed by atoms with Crippen LogP contribution in [0.4, 0.5) is 0 Å². The molecule has 1 saturated carbocycles. The Hall–Kier alpha value is -1.06. The molecule has 0 aromatic heterocycles. The summed E-state index contributed by atoms with van der Waals surface area (Å²) in [5, 5.41) is 12.6. The van der Waals surface area contributed by atoms with Crippen molar-refractivity contribution >= 4 is 0 Å². The van der Waals surface area contributed by atoms with E-state index in [0.717, 1.165) is 25.7 Å². The molecule has 0 spiro atoms. The predicted octanol–water partition coefficient (Wildman–Crippen LogP) is 2.36. The molecule has 3 heteroatoms. The van der Waals surface area contributed by atoms with Gasteiger partial charge in [0.2, 0.25) is 0 Å². The zero-order valence-corrected chi connectivity index (χ0v) is 11.2. The van der Waals surface area contributed by atoms with Gasteiger partial charge in [0, 0.05) is 25.7 Å². The summed E-state index contributed by atoms with van der Waals surface area (Å²) in [7, 11) is 2.23. The number of rotatable bonds is 6. The van der Waals surface area contributed by atoms with Gasteiger partial charge in [-0.05, 0) is 37.6 Å². The molecule has 1 aliphatic rings. The summed E-state index contributed by atoms with van der Waals surface area (Å²) in [6, 6.07) is 8.20.